The van der Waals surface area contributed by atoms with Crippen LogP contribution in [-0.2, 0) is 24.9 Å². The standard InChI is InChI=1S/C21H22FNO5S/c1-14-21(9-11-28-12-10-21)18-13-15(20(24)27-2)3-8-19(18)23(14)29(25,26)17-6-4-16(22)5-7-17/h3-8,13-14H,9-12H2,1-2H3. The average Bonchev–Trinajstić information content (AvgIpc) is 2.96. The molecule has 1 atom stereocenters. The van der Waals surface area contributed by atoms with Crippen molar-refractivity contribution in [1.29, 1.82) is 0 Å². The van der Waals surface area contributed by atoms with Gasteiger partial charge in [-0.05, 0) is 67.8 Å². The Bertz CT molecular complexity index is 1050. The highest BCUT2D eigenvalue weighted by molar-refractivity contribution is 7.92. The van der Waals surface area contributed by atoms with Crippen molar-refractivity contribution in [2.75, 3.05) is 24.6 Å². The first-order valence-corrected chi connectivity index (χ1v) is 10.9. The van der Waals surface area contributed by atoms with E-state index >= 15 is 0 Å². The second-order valence-electron chi connectivity index (χ2n) is 7.42. The van der Waals surface area contributed by atoms with Crippen molar-refractivity contribution in [2.45, 2.75) is 36.1 Å². The van der Waals surface area contributed by atoms with Gasteiger partial charge in [-0.1, -0.05) is 0 Å². The minimum Gasteiger partial charge on any atom is -0.465 e. The van der Waals surface area contributed by atoms with Crippen molar-refractivity contribution < 1.29 is 27.1 Å². The normalized spacial score (nSPS) is 20.5. The van der Waals surface area contributed by atoms with Gasteiger partial charge in [0.2, 0.25) is 0 Å². The number of ether oxygens (including phenoxy) is 2. The lowest BCUT2D eigenvalue weighted by molar-refractivity contribution is 0.0464. The summed E-state index contributed by atoms with van der Waals surface area (Å²) in [6, 6.07) is 9.40. The van der Waals surface area contributed by atoms with Crippen molar-refractivity contribution in [3.63, 3.8) is 0 Å². The van der Waals surface area contributed by atoms with Gasteiger partial charge in [0.25, 0.3) is 10.0 Å². The third kappa shape index (κ3) is 3.02. The van der Waals surface area contributed by atoms with Crippen LogP contribution < -0.4 is 4.31 Å². The number of sulfonamides is 1. The molecule has 0 radical (unpaired) electrons. The molecule has 2 aromatic carbocycles. The lowest BCUT2D eigenvalue weighted by Gasteiger charge is -2.39. The molecule has 2 aliphatic heterocycles. The Labute approximate surface area is 169 Å². The average molecular weight is 419 g/mol. The molecule has 0 N–H and O–H groups in total. The smallest absolute Gasteiger partial charge is 0.337 e. The van der Waals surface area contributed by atoms with E-state index in [2.05, 4.69) is 0 Å². The summed E-state index contributed by atoms with van der Waals surface area (Å²) in [5.74, 6) is -0.968. The fraction of sp³-hybridized carbons (Fsp3) is 0.381. The topological polar surface area (TPSA) is 72.9 Å². The number of rotatable bonds is 3. The van der Waals surface area contributed by atoms with Gasteiger partial charge >= 0.3 is 5.97 Å². The second-order valence-corrected chi connectivity index (χ2v) is 9.24. The first kappa shape index (κ1) is 19.8. The summed E-state index contributed by atoms with van der Waals surface area (Å²) in [6.45, 7) is 2.90. The summed E-state index contributed by atoms with van der Waals surface area (Å²) >= 11 is 0. The molecule has 4 rings (SSSR count). The molecular weight excluding hydrogens is 397 g/mol. The number of esters is 1. The number of nitrogens with zero attached hydrogens (tertiary/aromatic N) is 1. The molecule has 2 aliphatic rings. The number of halogens is 1. The molecule has 2 aromatic rings. The molecule has 0 amide bonds. The molecule has 6 nitrogen and oxygen atoms in total. The number of carbonyl (C=O) groups excluding carboxylic acids is 1. The van der Waals surface area contributed by atoms with E-state index in [1.54, 1.807) is 18.2 Å². The van der Waals surface area contributed by atoms with E-state index in [9.17, 15) is 17.6 Å². The molecule has 2 heterocycles. The molecule has 29 heavy (non-hydrogen) atoms. The maximum atomic E-state index is 13.5. The highest BCUT2D eigenvalue weighted by Crippen LogP contribution is 2.52. The van der Waals surface area contributed by atoms with Crippen LogP contribution in [-0.4, -0.2) is 40.8 Å². The summed E-state index contributed by atoms with van der Waals surface area (Å²) in [4.78, 5) is 12.1. The van der Waals surface area contributed by atoms with Crippen molar-refractivity contribution >= 4 is 21.7 Å². The Morgan fingerprint density at radius 2 is 1.83 bits per heavy atom. The Morgan fingerprint density at radius 1 is 1.17 bits per heavy atom. The van der Waals surface area contributed by atoms with E-state index < -0.39 is 27.2 Å². The van der Waals surface area contributed by atoms with Gasteiger partial charge in [-0.15, -0.1) is 0 Å². The SMILES string of the molecule is COC(=O)c1ccc2c(c1)C1(CCOCC1)C(C)N2S(=O)(=O)c1ccc(F)cc1. The van der Waals surface area contributed by atoms with Gasteiger partial charge in [-0.25, -0.2) is 17.6 Å². The second kappa shape index (κ2) is 7.11. The van der Waals surface area contributed by atoms with Gasteiger partial charge < -0.3 is 9.47 Å². The summed E-state index contributed by atoms with van der Waals surface area (Å²) in [7, 11) is -2.61. The zero-order valence-corrected chi connectivity index (χ0v) is 17.0. The first-order valence-electron chi connectivity index (χ1n) is 9.42. The van der Waals surface area contributed by atoms with E-state index in [1.165, 1.54) is 23.5 Å². The van der Waals surface area contributed by atoms with E-state index in [1.807, 2.05) is 6.92 Å². The highest BCUT2D eigenvalue weighted by atomic mass is 32.2. The number of benzene rings is 2. The van der Waals surface area contributed by atoms with Crippen molar-refractivity contribution in [3.05, 3.63) is 59.4 Å². The zero-order chi connectivity index (χ0) is 20.8. The van der Waals surface area contributed by atoms with E-state index in [0.29, 0.717) is 37.3 Å². The van der Waals surface area contributed by atoms with Crippen LogP contribution in [0.15, 0.2) is 47.4 Å². The number of methoxy groups -OCH3 is 1. The molecule has 0 saturated carbocycles. The molecule has 8 heteroatoms. The van der Waals surface area contributed by atoms with E-state index in [-0.39, 0.29) is 10.9 Å². The molecule has 0 bridgehead atoms. The van der Waals surface area contributed by atoms with Crippen LogP contribution in [0.3, 0.4) is 0 Å². The molecule has 0 aliphatic carbocycles. The van der Waals surface area contributed by atoms with Crippen molar-refractivity contribution in [1.82, 2.24) is 0 Å². The van der Waals surface area contributed by atoms with Crippen molar-refractivity contribution in [3.8, 4) is 0 Å². The number of anilines is 1. The van der Waals surface area contributed by atoms with Gasteiger partial charge in [0.1, 0.15) is 5.82 Å². The fourth-order valence-corrected chi connectivity index (χ4v) is 6.25. The summed E-state index contributed by atoms with van der Waals surface area (Å²) in [5, 5.41) is 0. The fourth-order valence-electron chi connectivity index (χ4n) is 4.51. The Morgan fingerprint density at radius 3 is 2.45 bits per heavy atom. The molecular formula is C21H22FNO5S. The lowest BCUT2D eigenvalue weighted by Crippen LogP contribution is -2.48. The molecule has 1 spiro atoms. The number of carbonyl (C=O) groups is 1. The summed E-state index contributed by atoms with van der Waals surface area (Å²) in [6.07, 6.45) is 1.28. The third-order valence-electron chi connectivity index (χ3n) is 6.10. The molecule has 1 saturated heterocycles. The number of hydrogen-bond acceptors (Lipinski definition) is 5. The number of fused-ring (bicyclic) bond motifs is 2. The Balaban J connectivity index is 1.89. The van der Waals surface area contributed by atoms with Gasteiger partial charge in [0.15, 0.2) is 0 Å². The minimum atomic E-state index is -3.92. The maximum absolute atomic E-state index is 13.5. The molecule has 1 unspecified atom stereocenters. The summed E-state index contributed by atoms with van der Waals surface area (Å²) < 4.78 is 52.1. The largest absolute Gasteiger partial charge is 0.465 e. The zero-order valence-electron chi connectivity index (χ0n) is 16.2. The van der Waals surface area contributed by atoms with Crippen molar-refractivity contribution in [2.24, 2.45) is 0 Å². The highest BCUT2D eigenvalue weighted by Gasteiger charge is 2.53. The van der Waals surface area contributed by atoms with Crippen LogP contribution in [0.25, 0.3) is 0 Å². The minimum absolute atomic E-state index is 0.0258. The molecule has 154 valence electrons. The Kier molecular flexibility index (Phi) is 4.86. The molecule has 1 fully saturated rings. The van der Waals surface area contributed by atoms with Gasteiger partial charge in [-0.2, -0.15) is 0 Å². The number of hydrogen-bond donors (Lipinski definition) is 0. The monoisotopic (exact) mass is 419 g/mol. The van der Waals surface area contributed by atoms with Crippen LogP contribution in [0.4, 0.5) is 10.1 Å². The van der Waals surface area contributed by atoms with Gasteiger partial charge in [0, 0.05) is 18.6 Å². The van der Waals surface area contributed by atoms with E-state index in [0.717, 1.165) is 17.7 Å². The van der Waals surface area contributed by atoms with Crippen LogP contribution in [0.1, 0.15) is 35.7 Å². The lowest BCUT2D eigenvalue weighted by atomic mass is 9.71. The predicted molar refractivity (Wildman–Crippen MR) is 105 cm³/mol. The molecule has 0 aromatic heterocycles. The third-order valence-corrected chi connectivity index (χ3v) is 8.00. The van der Waals surface area contributed by atoms with Crippen LogP contribution in [0.2, 0.25) is 0 Å². The van der Waals surface area contributed by atoms with Crippen LogP contribution >= 0.6 is 0 Å². The Hall–Kier alpha value is -2.45. The first-order chi connectivity index (χ1) is 13.8. The van der Waals surface area contributed by atoms with E-state index in [4.69, 9.17) is 9.47 Å². The predicted octanol–water partition coefficient (Wildman–Crippen LogP) is 3.26. The van der Waals surface area contributed by atoms with Gasteiger partial charge in [0.05, 0.1) is 29.3 Å². The van der Waals surface area contributed by atoms with Crippen LogP contribution in [0.5, 0.6) is 0 Å². The van der Waals surface area contributed by atoms with Gasteiger partial charge in [-0.3, -0.25) is 4.31 Å². The maximum Gasteiger partial charge on any atom is 0.337 e. The quantitative estimate of drug-likeness (QED) is 0.714. The van der Waals surface area contributed by atoms with Crippen LogP contribution in [0, 0.1) is 5.82 Å². The summed E-state index contributed by atoms with van der Waals surface area (Å²) in [5.41, 5.74) is 1.26.